The zero-order valence-corrected chi connectivity index (χ0v) is 12.4. The Kier molecular flexibility index (Phi) is 4.68. The van der Waals surface area contributed by atoms with E-state index < -0.39 is 4.92 Å². The molecule has 0 heterocycles. The van der Waals surface area contributed by atoms with Crippen LogP contribution in [-0.4, -0.2) is 24.8 Å². The molecular formula is C17H16N2O3. The third-order valence-electron chi connectivity index (χ3n) is 3.20. The Labute approximate surface area is 128 Å². The van der Waals surface area contributed by atoms with Gasteiger partial charge in [0.25, 0.3) is 5.69 Å². The molecule has 0 atom stereocenters. The second-order valence-electron chi connectivity index (χ2n) is 4.99. The number of hydrogen-bond acceptors (Lipinski definition) is 4. The summed E-state index contributed by atoms with van der Waals surface area (Å²) in [5.74, 6) is -0.108. The first-order valence-electron chi connectivity index (χ1n) is 6.71. The van der Waals surface area contributed by atoms with E-state index in [1.165, 1.54) is 18.2 Å². The fraction of sp³-hybridized carbons (Fsp3) is 0.118. The Morgan fingerprint density at radius 2 is 1.64 bits per heavy atom. The molecule has 0 saturated carbocycles. The lowest BCUT2D eigenvalue weighted by atomic mass is 10.1. The lowest BCUT2D eigenvalue weighted by Gasteiger charge is -2.11. The molecule has 0 aliphatic rings. The zero-order chi connectivity index (χ0) is 16.1. The summed E-state index contributed by atoms with van der Waals surface area (Å²) in [5, 5.41) is 10.6. The summed E-state index contributed by atoms with van der Waals surface area (Å²) >= 11 is 0. The Morgan fingerprint density at radius 3 is 2.14 bits per heavy atom. The minimum Gasteiger partial charge on any atom is -0.378 e. The first kappa shape index (κ1) is 15.4. The average Bonchev–Trinajstić information content (AvgIpc) is 2.53. The normalized spacial score (nSPS) is 10.6. The molecule has 2 rings (SSSR count). The number of hydrogen-bond donors (Lipinski definition) is 0. The van der Waals surface area contributed by atoms with Gasteiger partial charge in [0, 0.05) is 37.5 Å². The maximum Gasteiger partial charge on any atom is 0.269 e. The van der Waals surface area contributed by atoms with E-state index in [1.807, 2.05) is 31.1 Å². The minimum atomic E-state index is -0.453. The van der Waals surface area contributed by atoms with Crippen LogP contribution in [0, 0.1) is 10.1 Å². The van der Waals surface area contributed by atoms with E-state index in [-0.39, 0.29) is 11.5 Å². The van der Waals surface area contributed by atoms with Gasteiger partial charge in [0.1, 0.15) is 0 Å². The molecular weight excluding hydrogens is 280 g/mol. The quantitative estimate of drug-likeness (QED) is 0.366. The summed E-state index contributed by atoms with van der Waals surface area (Å²) in [6.07, 6.45) is 3.11. The molecule has 0 radical (unpaired) electrons. The lowest BCUT2D eigenvalue weighted by molar-refractivity contribution is -0.384. The highest BCUT2D eigenvalue weighted by molar-refractivity contribution is 6.06. The van der Waals surface area contributed by atoms with E-state index in [2.05, 4.69) is 0 Å². The van der Waals surface area contributed by atoms with E-state index in [4.69, 9.17) is 0 Å². The molecule has 0 aromatic heterocycles. The van der Waals surface area contributed by atoms with Crippen LogP contribution < -0.4 is 4.90 Å². The minimum absolute atomic E-state index is 0.0303. The van der Waals surface area contributed by atoms with Crippen molar-refractivity contribution in [2.75, 3.05) is 19.0 Å². The van der Waals surface area contributed by atoms with Gasteiger partial charge >= 0.3 is 0 Å². The van der Waals surface area contributed by atoms with Crippen LogP contribution in [0.15, 0.2) is 54.6 Å². The van der Waals surface area contributed by atoms with Gasteiger partial charge in [-0.15, -0.1) is 0 Å². The van der Waals surface area contributed by atoms with Crippen LogP contribution in [0.25, 0.3) is 6.08 Å². The van der Waals surface area contributed by atoms with Gasteiger partial charge in [-0.05, 0) is 48.0 Å². The van der Waals surface area contributed by atoms with Crippen molar-refractivity contribution >= 4 is 23.2 Å². The molecule has 112 valence electrons. The second kappa shape index (κ2) is 6.67. The molecule has 0 N–H and O–H groups in total. The predicted octanol–water partition coefficient (Wildman–Crippen LogP) is 3.56. The number of non-ortho nitro benzene ring substituents is 1. The number of rotatable bonds is 5. The van der Waals surface area contributed by atoms with Crippen LogP contribution in [0.5, 0.6) is 0 Å². The number of nitro groups is 1. The van der Waals surface area contributed by atoms with Crippen LogP contribution in [0.2, 0.25) is 0 Å². The Balaban J connectivity index is 2.08. The van der Waals surface area contributed by atoms with Crippen molar-refractivity contribution in [3.63, 3.8) is 0 Å². The maximum atomic E-state index is 12.1. The number of ketones is 1. The summed E-state index contributed by atoms with van der Waals surface area (Å²) in [6.45, 7) is 0. The number of nitro benzene ring substituents is 1. The van der Waals surface area contributed by atoms with Gasteiger partial charge in [-0.1, -0.05) is 6.08 Å². The van der Waals surface area contributed by atoms with E-state index in [1.54, 1.807) is 30.3 Å². The van der Waals surface area contributed by atoms with Crippen LogP contribution in [0.1, 0.15) is 15.9 Å². The van der Waals surface area contributed by atoms with E-state index >= 15 is 0 Å². The van der Waals surface area contributed by atoms with Gasteiger partial charge in [-0.3, -0.25) is 14.9 Å². The zero-order valence-electron chi connectivity index (χ0n) is 12.4. The Hall–Kier alpha value is -2.95. The molecule has 2 aromatic rings. The fourth-order valence-corrected chi connectivity index (χ4v) is 1.90. The van der Waals surface area contributed by atoms with Crippen LogP contribution >= 0.6 is 0 Å². The van der Waals surface area contributed by atoms with Gasteiger partial charge in [0.15, 0.2) is 5.78 Å². The number of benzene rings is 2. The van der Waals surface area contributed by atoms with Crippen molar-refractivity contribution < 1.29 is 9.72 Å². The number of allylic oxidation sites excluding steroid dienone is 1. The van der Waals surface area contributed by atoms with Gasteiger partial charge in [-0.25, -0.2) is 0 Å². The van der Waals surface area contributed by atoms with Gasteiger partial charge in [-0.2, -0.15) is 0 Å². The van der Waals surface area contributed by atoms with Crippen molar-refractivity contribution in [3.05, 3.63) is 75.8 Å². The Bertz CT molecular complexity index is 702. The SMILES string of the molecule is CN(C)c1ccc(C(=O)/C=C/c2ccc([N+](=O)[O-])cc2)cc1. The average molecular weight is 296 g/mol. The van der Waals surface area contributed by atoms with Gasteiger partial charge in [0.2, 0.25) is 0 Å². The van der Waals surface area contributed by atoms with Gasteiger partial charge in [0.05, 0.1) is 4.92 Å². The summed E-state index contributed by atoms with van der Waals surface area (Å²) < 4.78 is 0. The largest absolute Gasteiger partial charge is 0.378 e. The molecule has 0 fully saturated rings. The maximum absolute atomic E-state index is 12.1. The molecule has 0 saturated heterocycles. The van der Waals surface area contributed by atoms with Crippen molar-refractivity contribution in [3.8, 4) is 0 Å². The highest BCUT2D eigenvalue weighted by atomic mass is 16.6. The van der Waals surface area contributed by atoms with Gasteiger partial charge < -0.3 is 4.90 Å². The summed E-state index contributed by atoms with van der Waals surface area (Å²) in [4.78, 5) is 24.1. The van der Waals surface area contributed by atoms with Crippen LogP contribution in [0.4, 0.5) is 11.4 Å². The van der Waals surface area contributed by atoms with E-state index in [0.29, 0.717) is 5.56 Å². The van der Waals surface area contributed by atoms with Crippen molar-refractivity contribution in [1.29, 1.82) is 0 Å². The van der Waals surface area contributed by atoms with Crippen molar-refractivity contribution in [1.82, 2.24) is 0 Å². The predicted molar refractivity (Wildman–Crippen MR) is 87.2 cm³/mol. The van der Waals surface area contributed by atoms with Crippen LogP contribution in [-0.2, 0) is 0 Å². The summed E-state index contributed by atoms with van der Waals surface area (Å²) in [6, 6.07) is 13.4. The first-order chi connectivity index (χ1) is 10.5. The fourth-order valence-electron chi connectivity index (χ4n) is 1.90. The molecule has 5 nitrogen and oxygen atoms in total. The molecule has 0 spiro atoms. The first-order valence-corrected chi connectivity index (χ1v) is 6.71. The number of anilines is 1. The summed E-state index contributed by atoms with van der Waals surface area (Å²) in [5.41, 5.74) is 2.39. The number of nitrogens with zero attached hydrogens (tertiary/aromatic N) is 2. The summed E-state index contributed by atoms with van der Waals surface area (Å²) in [7, 11) is 3.87. The third kappa shape index (κ3) is 3.79. The van der Waals surface area contributed by atoms with Crippen molar-refractivity contribution in [2.24, 2.45) is 0 Å². The topological polar surface area (TPSA) is 63.5 Å². The molecule has 0 aliphatic carbocycles. The second-order valence-corrected chi connectivity index (χ2v) is 4.99. The van der Waals surface area contributed by atoms with Crippen LogP contribution in [0.3, 0.4) is 0 Å². The lowest BCUT2D eigenvalue weighted by Crippen LogP contribution is -2.08. The molecule has 5 heteroatoms. The molecule has 0 unspecified atom stereocenters. The number of carbonyl (C=O) groups excluding carboxylic acids is 1. The van der Waals surface area contributed by atoms with Crippen molar-refractivity contribution in [2.45, 2.75) is 0 Å². The highest BCUT2D eigenvalue weighted by Gasteiger charge is 2.04. The Morgan fingerprint density at radius 1 is 1.05 bits per heavy atom. The molecule has 2 aromatic carbocycles. The molecule has 0 aliphatic heterocycles. The standard InChI is InChI=1S/C17H16N2O3/c1-18(2)15-10-6-14(7-11-15)17(20)12-5-13-3-8-16(9-4-13)19(21)22/h3-12H,1-2H3/b12-5+. The highest BCUT2D eigenvalue weighted by Crippen LogP contribution is 2.15. The smallest absolute Gasteiger partial charge is 0.269 e. The molecule has 0 amide bonds. The molecule has 0 bridgehead atoms. The number of carbonyl (C=O) groups is 1. The van der Waals surface area contributed by atoms with E-state index in [9.17, 15) is 14.9 Å². The monoisotopic (exact) mass is 296 g/mol. The molecule has 22 heavy (non-hydrogen) atoms. The third-order valence-corrected chi connectivity index (χ3v) is 3.20. The van der Waals surface area contributed by atoms with E-state index in [0.717, 1.165) is 11.3 Å².